The van der Waals surface area contributed by atoms with Crippen molar-refractivity contribution < 1.29 is 39.5 Å². The van der Waals surface area contributed by atoms with E-state index in [1.807, 2.05) is 60.7 Å². The van der Waals surface area contributed by atoms with Gasteiger partial charge in [-0.2, -0.15) is 0 Å². The van der Waals surface area contributed by atoms with E-state index in [4.69, 9.17) is 9.47 Å². The number of ether oxygens (including phenoxy) is 2. The smallest absolute Gasteiger partial charge is 0.550 e. The van der Waals surface area contributed by atoms with Gasteiger partial charge in [-0.3, -0.25) is 0 Å². The fourth-order valence-electron chi connectivity index (χ4n) is 7.24. The number of carboxylic acids is 2. The summed E-state index contributed by atoms with van der Waals surface area (Å²) in [5.41, 5.74) is 2.20. The maximum atomic E-state index is 11.0. The molecule has 2 aromatic carbocycles. The third-order valence-electron chi connectivity index (χ3n) is 10.9. The van der Waals surface area contributed by atoms with Crippen molar-refractivity contribution in [1.29, 1.82) is 0 Å². The number of hydrogen-bond acceptors (Lipinski definition) is 8. The van der Waals surface area contributed by atoms with E-state index in [0.29, 0.717) is 38.9 Å². The zero-order valence-corrected chi connectivity index (χ0v) is 41.9. The van der Waals surface area contributed by atoms with E-state index in [-0.39, 0.29) is 61.7 Å². The summed E-state index contributed by atoms with van der Waals surface area (Å²) in [6, 6.07) is 20.1. The van der Waals surface area contributed by atoms with Crippen LogP contribution < -0.4 is 10.2 Å². The fourth-order valence-corrected chi connectivity index (χ4v) is 7.24. The summed E-state index contributed by atoms with van der Waals surface area (Å²) in [6.45, 7) is 5.27. The van der Waals surface area contributed by atoms with Crippen LogP contribution in [-0.2, 0) is 32.3 Å². The molecule has 0 radical (unpaired) electrons. The van der Waals surface area contributed by atoms with Gasteiger partial charge in [-0.1, -0.05) is 190 Å². The van der Waals surface area contributed by atoms with Crippen molar-refractivity contribution in [3.8, 4) is 0 Å². The maximum absolute atomic E-state index is 11.0. The molecule has 332 valence electrons. The summed E-state index contributed by atoms with van der Waals surface area (Å²) in [4.78, 5) is 20.7. The van der Waals surface area contributed by atoms with E-state index in [0.717, 1.165) is 114 Å². The topological polar surface area (TPSA) is 139 Å². The van der Waals surface area contributed by atoms with Gasteiger partial charge in [-0.15, -0.1) is 0 Å². The molecule has 0 heterocycles. The van der Waals surface area contributed by atoms with Crippen LogP contribution in [0.25, 0.3) is 0 Å². The summed E-state index contributed by atoms with van der Waals surface area (Å²) in [7, 11) is 0. The normalized spacial score (nSPS) is 13.1. The van der Waals surface area contributed by atoms with Crippen LogP contribution in [0.4, 0.5) is 0 Å². The first-order valence-corrected chi connectivity index (χ1v) is 23.3. The fraction of sp³-hybridized carbons (Fsp3) is 0.720. The average molecular weight is 949 g/mol. The van der Waals surface area contributed by atoms with Crippen LogP contribution in [-0.4, -0.2) is 82.6 Å². The zero-order valence-electron chi connectivity index (χ0n) is 37.5. The van der Waals surface area contributed by atoms with Crippen LogP contribution in [0.5, 0.6) is 0 Å². The second kappa shape index (κ2) is 39.6. The third-order valence-corrected chi connectivity index (χ3v) is 10.9. The van der Waals surface area contributed by atoms with Crippen molar-refractivity contribution in [2.45, 2.75) is 231 Å². The Morgan fingerprint density at radius 2 is 0.695 bits per heavy atom. The van der Waals surface area contributed by atoms with Crippen LogP contribution in [0, 0.1) is 0 Å². The molecule has 0 aliphatic carbocycles. The Bertz CT molecular complexity index is 1140. The summed E-state index contributed by atoms with van der Waals surface area (Å²) >= 11 is 0. The van der Waals surface area contributed by atoms with Gasteiger partial charge < -0.3 is 39.5 Å². The molecular weight excluding hydrogens is 866 g/mol. The molecular formula is C50H82BaO8. The molecule has 0 saturated heterocycles. The van der Waals surface area contributed by atoms with Crippen molar-refractivity contribution in [3.05, 3.63) is 71.8 Å². The Hall–Kier alpha value is -1.21. The molecule has 8 nitrogen and oxygen atoms in total. The summed E-state index contributed by atoms with van der Waals surface area (Å²) in [5.74, 6) is -3.90. The molecule has 0 bridgehead atoms. The van der Waals surface area contributed by atoms with E-state index < -0.39 is 23.5 Å². The Kier molecular flexibility index (Phi) is 38.8. The molecule has 0 aromatic heterocycles. The number of rotatable bonds is 38. The van der Waals surface area contributed by atoms with Gasteiger partial charge in [0.2, 0.25) is 0 Å². The van der Waals surface area contributed by atoms with Gasteiger partial charge in [0, 0.05) is 37.6 Å². The Morgan fingerprint density at radius 1 is 0.441 bits per heavy atom. The summed E-state index contributed by atoms with van der Waals surface area (Å²) in [5, 5.41) is 42.7. The van der Waals surface area contributed by atoms with Crippen LogP contribution in [0.15, 0.2) is 60.7 Å². The average Bonchev–Trinajstić information content (AvgIpc) is 3.21. The van der Waals surface area contributed by atoms with Crippen LogP contribution in [0.3, 0.4) is 0 Å². The van der Waals surface area contributed by atoms with Gasteiger partial charge >= 0.3 is 48.9 Å². The van der Waals surface area contributed by atoms with E-state index >= 15 is 0 Å². The minimum atomic E-state index is -1.01. The molecule has 59 heavy (non-hydrogen) atoms. The molecule has 0 spiro atoms. The summed E-state index contributed by atoms with van der Waals surface area (Å²) in [6.07, 6.45) is 29.1. The molecule has 0 aliphatic heterocycles. The predicted octanol–water partition coefficient (Wildman–Crippen LogP) is 10.6. The van der Waals surface area contributed by atoms with Crippen LogP contribution in [0.2, 0.25) is 0 Å². The van der Waals surface area contributed by atoms with E-state index in [1.54, 1.807) is 0 Å². The van der Waals surface area contributed by atoms with Gasteiger partial charge in [0.05, 0.1) is 13.2 Å². The molecule has 0 fully saturated rings. The van der Waals surface area contributed by atoms with E-state index in [1.165, 1.54) is 51.4 Å². The van der Waals surface area contributed by atoms with Crippen molar-refractivity contribution in [2.24, 2.45) is 0 Å². The van der Waals surface area contributed by atoms with Crippen LogP contribution >= 0.6 is 0 Å². The van der Waals surface area contributed by atoms with Crippen molar-refractivity contribution in [1.82, 2.24) is 0 Å². The molecule has 0 aliphatic rings. The van der Waals surface area contributed by atoms with E-state index in [2.05, 4.69) is 13.8 Å². The number of carboxylic acid groups (broad SMARTS) is 2. The number of aliphatic hydroxyl groups is 2. The van der Waals surface area contributed by atoms with Gasteiger partial charge in [0.1, 0.15) is 0 Å². The Labute approximate surface area is 400 Å². The minimum Gasteiger partial charge on any atom is -0.550 e. The number of unbranched alkanes of at least 4 members (excludes halogenated alkanes) is 20. The quantitative estimate of drug-likeness (QED) is 0.0385. The number of carbonyl (C=O) groups excluding carboxylic acids is 2. The SMILES string of the molecule is CCCCCC(O)(CCCCCCCCCCCC(=O)[O-])OCc1ccccc1.CCCCCC(O)(CCCCCCCCCCCC(=O)[O-])OCc1ccccc1.[Ba+2]. The van der Waals surface area contributed by atoms with Crippen molar-refractivity contribution >= 4 is 60.8 Å². The van der Waals surface area contributed by atoms with Gasteiger partial charge in [-0.05, 0) is 62.5 Å². The molecule has 0 amide bonds. The number of hydrogen-bond donors (Lipinski definition) is 2. The van der Waals surface area contributed by atoms with Crippen molar-refractivity contribution in [2.75, 3.05) is 0 Å². The second-order valence-electron chi connectivity index (χ2n) is 16.5. The van der Waals surface area contributed by atoms with Gasteiger partial charge in [-0.25, -0.2) is 0 Å². The zero-order chi connectivity index (χ0) is 42.4. The van der Waals surface area contributed by atoms with Gasteiger partial charge in [0.25, 0.3) is 0 Å². The van der Waals surface area contributed by atoms with Gasteiger partial charge in [0.15, 0.2) is 11.6 Å². The maximum Gasteiger partial charge on any atom is 2.00 e. The first-order valence-electron chi connectivity index (χ1n) is 23.3. The molecule has 2 unspecified atom stereocenters. The first kappa shape index (κ1) is 57.8. The van der Waals surface area contributed by atoms with Crippen molar-refractivity contribution in [3.63, 3.8) is 0 Å². The number of aliphatic carboxylic acids is 2. The van der Waals surface area contributed by atoms with Crippen LogP contribution in [0.1, 0.15) is 218 Å². The molecule has 0 saturated carbocycles. The molecule has 2 aromatic rings. The Morgan fingerprint density at radius 3 is 0.966 bits per heavy atom. The molecule has 2 rings (SSSR count). The molecule has 9 heteroatoms. The number of carbonyl (C=O) groups is 2. The largest absolute Gasteiger partial charge is 2.00 e. The summed E-state index contributed by atoms with van der Waals surface area (Å²) < 4.78 is 11.9. The first-order chi connectivity index (χ1) is 28.1. The minimum absolute atomic E-state index is 0. The molecule has 2 N–H and O–H groups in total. The monoisotopic (exact) mass is 949 g/mol. The third kappa shape index (κ3) is 36.0. The Balaban J connectivity index is 0.00000112. The van der Waals surface area contributed by atoms with E-state index in [9.17, 15) is 30.0 Å². The molecule has 2 atom stereocenters. The second-order valence-corrected chi connectivity index (χ2v) is 16.5. The predicted molar refractivity (Wildman–Crippen MR) is 238 cm³/mol. The number of benzene rings is 2. The standard InChI is InChI=1S/2C25H42O4.Ba/c2*1-2-3-15-20-25(28,29-22-23-17-12-11-13-18-23)21-16-10-8-6-4-5-7-9-14-19-24(26)27;/h2*11-13,17-18,28H,2-10,14-16,19-22H2,1H3,(H,26,27);/q;;+2/p-2.